The zero-order chi connectivity index (χ0) is 18.7. The smallest absolute Gasteiger partial charge is 0.254 e. The predicted molar refractivity (Wildman–Crippen MR) is 102 cm³/mol. The Morgan fingerprint density at radius 1 is 1.23 bits per heavy atom. The molecule has 0 aromatic heterocycles. The maximum absolute atomic E-state index is 12.7. The second-order valence-electron chi connectivity index (χ2n) is 5.96. The van der Waals surface area contributed by atoms with E-state index >= 15 is 0 Å². The van der Waals surface area contributed by atoms with Crippen molar-refractivity contribution < 1.29 is 14.3 Å². The Hall–Kier alpha value is -2.24. The Morgan fingerprint density at radius 2 is 2.00 bits per heavy atom. The molecule has 0 aliphatic carbocycles. The standard InChI is InChI=1S/C19H18Cl2N2O3/c1-12(24)22-18-14-11-13(20)7-8-16(14)23(19(18)25)9-4-10-26-17-6-3-2-5-15(17)21/h2-3,5-8,11,18H,4,9-10H2,1H3,(H,22,24)/t18-/m1/s1. The second kappa shape index (κ2) is 7.98. The van der Waals surface area contributed by atoms with Crippen LogP contribution >= 0.6 is 23.2 Å². The molecule has 0 spiro atoms. The molecule has 1 atom stereocenters. The van der Waals surface area contributed by atoms with Gasteiger partial charge in [-0.05, 0) is 36.8 Å². The number of nitrogens with one attached hydrogen (secondary N) is 1. The molecule has 0 radical (unpaired) electrons. The summed E-state index contributed by atoms with van der Waals surface area (Å²) >= 11 is 12.1. The van der Waals surface area contributed by atoms with Crippen molar-refractivity contribution in [3.8, 4) is 5.75 Å². The molecule has 1 aliphatic heterocycles. The van der Waals surface area contributed by atoms with Gasteiger partial charge in [0.05, 0.1) is 11.6 Å². The minimum absolute atomic E-state index is 0.171. The molecule has 26 heavy (non-hydrogen) atoms. The van der Waals surface area contributed by atoms with Gasteiger partial charge in [-0.3, -0.25) is 9.59 Å². The average molecular weight is 393 g/mol. The van der Waals surface area contributed by atoms with Gasteiger partial charge in [-0.15, -0.1) is 0 Å². The third kappa shape index (κ3) is 3.94. The summed E-state index contributed by atoms with van der Waals surface area (Å²) in [5.74, 6) is 0.179. The number of halogens is 2. The maximum atomic E-state index is 12.7. The lowest BCUT2D eigenvalue weighted by molar-refractivity contribution is -0.126. The summed E-state index contributed by atoms with van der Waals surface area (Å²) in [4.78, 5) is 25.8. The summed E-state index contributed by atoms with van der Waals surface area (Å²) in [5, 5.41) is 3.77. The number of carbonyl (C=O) groups is 2. The highest BCUT2D eigenvalue weighted by atomic mass is 35.5. The van der Waals surface area contributed by atoms with Crippen molar-refractivity contribution in [2.75, 3.05) is 18.1 Å². The van der Waals surface area contributed by atoms with Crippen LogP contribution in [0.1, 0.15) is 24.9 Å². The van der Waals surface area contributed by atoms with Crippen LogP contribution in [0.3, 0.4) is 0 Å². The van der Waals surface area contributed by atoms with Crippen LogP contribution in [0.4, 0.5) is 5.69 Å². The van der Waals surface area contributed by atoms with Crippen LogP contribution in [0.2, 0.25) is 10.0 Å². The molecule has 0 saturated heterocycles. The highest BCUT2D eigenvalue weighted by Gasteiger charge is 2.37. The number of anilines is 1. The zero-order valence-corrected chi connectivity index (χ0v) is 15.7. The van der Waals surface area contributed by atoms with Crippen LogP contribution in [0.25, 0.3) is 0 Å². The number of hydrogen-bond acceptors (Lipinski definition) is 3. The third-order valence-corrected chi connectivity index (χ3v) is 4.62. The van der Waals surface area contributed by atoms with Crippen molar-refractivity contribution >= 4 is 40.7 Å². The van der Waals surface area contributed by atoms with Crippen molar-refractivity contribution in [3.05, 3.63) is 58.1 Å². The van der Waals surface area contributed by atoms with E-state index in [1.165, 1.54) is 6.92 Å². The van der Waals surface area contributed by atoms with Crippen molar-refractivity contribution in [1.29, 1.82) is 0 Å². The van der Waals surface area contributed by atoms with Gasteiger partial charge >= 0.3 is 0 Å². The first-order chi connectivity index (χ1) is 12.5. The van der Waals surface area contributed by atoms with Gasteiger partial charge in [-0.1, -0.05) is 35.3 Å². The molecule has 5 nitrogen and oxygen atoms in total. The molecular weight excluding hydrogens is 375 g/mol. The molecular formula is C19H18Cl2N2O3. The molecule has 0 bridgehead atoms. The summed E-state index contributed by atoms with van der Waals surface area (Å²) < 4.78 is 5.67. The van der Waals surface area contributed by atoms with Crippen molar-refractivity contribution in [2.24, 2.45) is 0 Å². The van der Waals surface area contributed by atoms with Gasteiger partial charge in [-0.2, -0.15) is 0 Å². The first-order valence-corrected chi connectivity index (χ1v) is 8.98. The first-order valence-electron chi connectivity index (χ1n) is 8.22. The largest absolute Gasteiger partial charge is 0.492 e. The van der Waals surface area contributed by atoms with E-state index in [4.69, 9.17) is 27.9 Å². The number of amides is 2. The summed E-state index contributed by atoms with van der Waals surface area (Å²) in [6, 6.07) is 11.8. The number of hydrogen-bond donors (Lipinski definition) is 1. The Labute approximate surface area is 161 Å². The van der Waals surface area contributed by atoms with Crippen molar-refractivity contribution in [1.82, 2.24) is 5.32 Å². The zero-order valence-electron chi connectivity index (χ0n) is 14.2. The average Bonchev–Trinajstić information content (AvgIpc) is 2.84. The summed E-state index contributed by atoms with van der Waals surface area (Å²) in [7, 11) is 0. The van der Waals surface area contributed by atoms with Gasteiger partial charge in [0.15, 0.2) is 0 Å². The molecule has 0 saturated carbocycles. The quantitative estimate of drug-likeness (QED) is 0.756. The van der Waals surface area contributed by atoms with Gasteiger partial charge in [0.1, 0.15) is 11.8 Å². The molecule has 0 fully saturated rings. The number of para-hydroxylation sites is 1. The summed E-state index contributed by atoms with van der Waals surface area (Å²) in [6.07, 6.45) is 0.617. The summed E-state index contributed by atoms with van der Waals surface area (Å²) in [5.41, 5.74) is 1.47. The van der Waals surface area contributed by atoms with Crippen LogP contribution in [0.15, 0.2) is 42.5 Å². The van der Waals surface area contributed by atoms with E-state index in [1.54, 1.807) is 35.2 Å². The van der Waals surface area contributed by atoms with Crippen LogP contribution in [-0.2, 0) is 9.59 Å². The van der Waals surface area contributed by atoms with E-state index in [1.807, 2.05) is 12.1 Å². The van der Waals surface area contributed by atoms with Crippen molar-refractivity contribution in [2.45, 2.75) is 19.4 Å². The van der Waals surface area contributed by atoms with E-state index < -0.39 is 6.04 Å². The van der Waals surface area contributed by atoms with Crippen LogP contribution < -0.4 is 15.0 Å². The van der Waals surface area contributed by atoms with E-state index in [0.29, 0.717) is 40.9 Å². The highest BCUT2D eigenvalue weighted by Crippen LogP contribution is 2.37. The fraction of sp³-hybridized carbons (Fsp3) is 0.263. The Balaban J connectivity index is 1.67. The van der Waals surface area contributed by atoms with E-state index in [9.17, 15) is 9.59 Å². The minimum Gasteiger partial charge on any atom is -0.492 e. The van der Waals surface area contributed by atoms with E-state index in [2.05, 4.69) is 5.32 Å². The molecule has 2 amide bonds. The number of carbonyl (C=O) groups excluding carboxylic acids is 2. The van der Waals surface area contributed by atoms with E-state index in [0.717, 1.165) is 5.69 Å². The topological polar surface area (TPSA) is 58.6 Å². The second-order valence-corrected chi connectivity index (χ2v) is 6.80. The lowest BCUT2D eigenvalue weighted by Crippen LogP contribution is -2.37. The minimum atomic E-state index is -0.703. The lowest BCUT2D eigenvalue weighted by atomic mass is 10.1. The number of rotatable bonds is 6. The molecule has 2 aromatic rings. The lowest BCUT2D eigenvalue weighted by Gasteiger charge is -2.18. The van der Waals surface area contributed by atoms with Gasteiger partial charge in [0, 0.05) is 29.7 Å². The maximum Gasteiger partial charge on any atom is 0.254 e. The molecule has 1 heterocycles. The highest BCUT2D eigenvalue weighted by molar-refractivity contribution is 6.32. The molecule has 2 aromatic carbocycles. The molecule has 7 heteroatoms. The van der Waals surface area contributed by atoms with Gasteiger partial charge in [-0.25, -0.2) is 0 Å². The van der Waals surface area contributed by atoms with E-state index in [-0.39, 0.29) is 11.8 Å². The Bertz CT molecular complexity index is 841. The first kappa shape index (κ1) is 18.5. The van der Waals surface area contributed by atoms with Crippen LogP contribution in [-0.4, -0.2) is 25.0 Å². The SMILES string of the molecule is CC(=O)N[C@H]1C(=O)N(CCCOc2ccccc2Cl)c2ccc(Cl)cc21. The van der Waals surface area contributed by atoms with Gasteiger partial charge < -0.3 is 15.0 Å². The molecule has 136 valence electrons. The van der Waals surface area contributed by atoms with Gasteiger partial charge in [0.25, 0.3) is 5.91 Å². The molecule has 1 N–H and O–H groups in total. The molecule has 3 rings (SSSR count). The van der Waals surface area contributed by atoms with Crippen LogP contribution in [0, 0.1) is 0 Å². The van der Waals surface area contributed by atoms with Crippen molar-refractivity contribution in [3.63, 3.8) is 0 Å². The number of nitrogens with zero attached hydrogens (tertiary/aromatic N) is 1. The third-order valence-electron chi connectivity index (χ3n) is 4.07. The monoisotopic (exact) mass is 392 g/mol. The predicted octanol–water partition coefficient (Wildman–Crippen LogP) is 3.99. The Morgan fingerprint density at radius 3 is 2.73 bits per heavy atom. The number of ether oxygens (including phenoxy) is 1. The number of fused-ring (bicyclic) bond motifs is 1. The molecule has 0 unspecified atom stereocenters. The Kier molecular flexibility index (Phi) is 5.69. The fourth-order valence-electron chi connectivity index (χ4n) is 2.95. The molecule has 1 aliphatic rings. The van der Waals surface area contributed by atoms with Crippen LogP contribution in [0.5, 0.6) is 5.75 Å². The number of benzene rings is 2. The summed E-state index contributed by atoms with van der Waals surface area (Å²) in [6.45, 7) is 2.27. The fourth-order valence-corrected chi connectivity index (χ4v) is 3.32. The van der Waals surface area contributed by atoms with Gasteiger partial charge in [0.2, 0.25) is 5.91 Å². The normalized spacial score (nSPS) is 15.7.